The number of amides is 8. The Balaban J connectivity index is -0.00000259. The zero-order valence-corrected chi connectivity index (χ0v) is 45.6. The molecule has 62 heavy (non-hydrogen) atoms. The molecule has 17 nitrogen and oxygen atoms in total. The van der Waals surface area contributed by atoms with Crippen LogP contribution in [0.3, 0.4) is 0 Å². The summed E-state index contributed by atoms with van der Waals surface area (Å²) < 4.78 is 16.5. The molecule has 1 unspecified atom stereocenters. The minimum atomic E-state index is -0.822. The molecular weight excluding hydrogens is 939 g/mol. The maximum absolute atomic E-state index is 12.8. The first-order chi connectivity index (χ1) is 28.6. The first-order valence-corrected chi connectivity index (χ1v) is 21.9. The van der Waals surface area contributed by atoms with E-state index < -0.39 is 23.9 Å². The van der Waals surface area contributed by atoms with Gasteiger partial charge in [-0.3, -0.25) is 33.7 Å². The van der Waals surface area contributed by atoms with Crippen molar-refractivity contribution in [3.8, 4) is 0 Å². The van der Waals surface area contributed by atoms with Crippen molar-refractivity contribution in [3.63, 3.8) is 0 Å². The molecule has 0 aliphatic carbocycles. The minimum Gasteiger partial charge on any atom is -0.494 e. The molecule has 7 N–H and O–H groups in total. The fourth-order valence-corrected chi connectivity index (χ4v) is 4.76. The summed E-state index contributed by atoms with van der Waals surface area (Å²) >= 11 is 1.75. The molecule has 1 aromatic carbocycles. The van der Waals surface area contributed by atoms with Gasteiger partial charge in [0, 0.05) is 56.2 Å². The number of rotatable bonds is 27. The summed E-state index contributed by atoms with van der Waals surface area (Å²) in [4.78, 5) is 83.6. The molecule has 0 aromatic heterocycles. The SMILES string of the molecule is C=C(OCc1ccc(NC(=O)CNC(=O)C(NC(=O)CCOCCOCCNC(=O)CCCCCN2C(=O)C=CC2=O)C(C)C)cc1)C(C)C.CCCNC(N)=O.CSC.[CH3-].[Cs+]. The molecule has 1 aromatic rings. The number of carbonyl (C=O) groups excluding carboxylic acids is 7. The van der Waals surface area contributed by atoms with Crippen molar-refractivity contribution in [2.24, 2.45) is 17.6 Å². The largest absolute Gasteiger partial charge is 1.00 e. The third-order valence-electron chi connectivity index (χ3n) is 8.14. The van der Waals surface area contributed by atoms with Gasteiger partial charge in [0.15, 0.2) is 0 Å². The number of ether oxygens (including phenoxy) is 3. The topological polar surface area (TPSA) is 237 Å². The van der Waals surface area contributed by atoms with Crippen molar-refractivity contribution in [2.45, 2.75) is 85.8 Å². The summed E-state index contributed by atoms with van der Waals surface area (Å²) in [7, 11) is 0. The van der Waals surface area contributed by atoms with Crippen LogP contribution in [0.2, 0.25) is 0 Å². The number of unbranched alkanes of at least 4 members (excludes halogenated alkanes) is 2. The van der Waals surface area contributed by atoms with E-state index in [4.69, 9.17) is 19.9 Å². The maximum atomic E-state index is 12.8. The molecule has 19 heteroatoms. The fraction of sp³-hybridized carbons (Fsp3) is 0.581. The zero-order valence-electron chi connectivity index (χ0n) is 38.5. The van der Waals surface area contributed by atoms with Crippen LogP contribution in [0.1, 0.15) is 78.7 Å². The number of imide groups is 1. The van der Waals surface area contributed by atoms with Gasteiger partial charge in [-0.15, -0.1) is 0 Å². The van der Waals surface area contributed by atoms with E-state index in [2.05, 4.69) is 33.2 Å². The van der Waals surface area contributed by atoms with E-state index in [1.807, 2.05) is 45.4 Å². The van der Waals surface area contributed by atoms with Crippen molar-refractivity contribution in [2.75, 3.05) is 70.4 Å². The monoisotopic (exact) mass is 1010 g/mol. The van der Waals surface area contributed by atoms with Crippen LogP contribution in [0.15, 0.2) is 48.8 Å². The van der Waals surface area contributed by atoms with Gasteiger partial charge in [0.2, 0.25) is 23.6 Å². The molecule has 0 radical (unpaired) electrons. The van der Waals surface area contributed by atoms with E-state index >= 15 is 0 Å². The Labute approximate surface area is 432 Å². The normalized spacial score (nSPS) is 11.7. The molecule has 1 aliphatic heterocycles. The number of nitrogens with zero attached hydrogens (tertiary/aromatic N) is 1. The van der Waals surface area contributed by atoms with E-state index in [0.29, 0.717) is 63.6 Å². The van der Waals surface area contributed by atoms with E-state index in [0.717, 1.165) is 18.4 Å². The van der Waals surface area contributed by atoms with Gasteiger partial charge in [0.1, 0.15) is 12.6 Å². The van der Waals surface area contributed by atoms with Gasteiger partial charge in [-0.25, -0.2) is 4.79 Å². The number of allylic oxidation sites excluding steroid dienone is 1. The average Bonchev–Trinajstić information content (AvgIpc) is 3.52. The van der Waals surface area contributed by atoms with Crippen LogP contribution < -0.4 is 101 Å². The van der Waals surface area contributed by atoms with Crippen molar-refractivity contribution < 1.29 is 117 Å². The third kappa shape index (κ3) is 32.7. The molecule has 0 spiro atoms. The second-order valence-corrected chi connectivity index (χ2v) is 15.0. The van der Waals surface area contributed by atoms with Gasteiger partial charge in [0.25, 0.3) is 11.8 Å². The minimum absolute atomic E-state index is 0. The number of primary amides is 1. The van der Waals surface area contributed by atoms with Gasteiger partial charge < -0.3 is 54.0 Å². The molecule has 1 atom stereocenters. The summed E-state index contributed by atoms with van der Waals surface area (Å²) in [6.45, 7) is 15.9. The summed E-state index contributed by atoms with van der Waals surface area (Å²) in [5.41, 5.74) is 6.24. The van der Waals surface area contributed by atoms with Crippen molar-refractivity contribution in [1.82, 2.24) is 26.2 Å². The van der Waals surface area contributed by atoms with Gasteiger partial charge in [-0.1, -0.05) is 59.8 Å². The van der Waals surface area contributed by atoms with Crippen molar-refractivity contribution >= 4 is 58.9 Å². The van der Waals surface area contributed by atoms with Crippen LogP contribution in [0, 0.1) is 19.3 Å². The Hall–Kier alpha value is -2.89. The van der Waals surface area contributed by atoms with Gasteiger partial charge in [0.05, 0.1) is 38.7 Å². The average molecular weight is 1010 g/mol. The number of urea groups is 1. The van der Waals surface area contributed by atoms with E-state index in [9.17, 15) is 33.6 Å². The van der Waals surface area contributed by atoms with Crippen LogP contribution >= 0.6 is 11.8 Å². The van der Waals surface area contributed by atoms with Gasteiger partial charge >= 0.3 is 74.9 Å². The predicted octanol–water partition coefficient (Wildman–Crippen LogP) is 1.09. The number of nitrogens with one attached hydrogen (secondary N) is 5. The van der Waals surface area contributed by atoms with E-state index in [1.165, 1.54) is 17.1 Å². The van der Waals surface area contributed by atoms with Crippen LogP contribution in [-0.2, 0) is 49.6 Å². The molecule has 346 valence electrons. The van der Waals surface area contributed by atoms with Crippen LogP contribution in [-0.4, -0.2) is 118 Å². The molecule has 1 heterocycles. The number of thioether (sulfide) groups is 1. The molecule has 0 saturated carbocycles. The Morgan fingerprint density at radius 1 is 0.790 bits per heavy atom. The Kier molecular flexibility index (Phi) is 40.6. The quantitative estimate of drug-likeness (QED) is 0.0316. The fourth-order valence-electron chi connectivity index (χ4n) is 4.76. The van der Waals surface area contributed by atoms with Crippen LogP contribution in [0.25, 0.3) is 0 Å². The molecular formula is C43H72CsN7O10S. The summed E-state index contributed by atoms with van der Waals surface area (Å²) in [5.74, 6) is -1.20. The standard InChI is InChI=1S/C36H53N5O9.C4H10N2O.C2H6S.CH3.Cs/c1-25(2)27(5)50-24-28-10-12-29(13-11-28)39-32(44)23-38-36(47)35(26(3)4)40-31(43)16-19-48-21-22-49-20-17-37-30(42)9-7-6-8-18-41-33(45)14-15-34(41)46;1-2-3-6-4(5)7;1-3-2;;/h10-15,25-26,35H,5-9,16-24H2,1-4H3,(H,37,42)(H,38,47)(H,39,44)(H,40,43);2-3H2,1H3,(H3,5,6,7);1-2H3;1H3;/q;;;-1;+1. The van der Waals surface area contributed by atoms with E-state index in [-0.39, 0.29) is 145 Å². The van der Waals surface area contributed by atoms with Crippen LogP contribution in [0.5, 0.6) is 0 Å². The number of benzene rings is 1. The van der Waals surface area contributed by atoms with Gasteiger partial charge in [-0.2, -0.15) is 11.8 Å². The summed E-state index contributed by atoms with van der Waals surface area (Å²) in [6.07, 6.45) is 9.96. The summed E-state index contributed by atoms with van der Waals surface area (Å²) in [5, 5.41) is 13.2. The molecule has 0 saturated heterocycles. The Bertz CT molecular complexity index is 1500. The van der Waals surface area contributed by atoms with Crippen molar-refractivity contribution in [3.05, 3.63) is 61.7 Å². The first-order valence-electron chi connectivity index (χ1n) is 20.2. The van der Waals surface area contributed by atoms with E-state index in [1.54, 1.807) is 37.7 Å². The third-order valence-corrected chi connectivity index (χ3v) is 8.14. The molecule has 2 rings (SSSR count). The zero-order chi connectivity index (χ0) is 45.3. The Morgan fingerprint density at radius 2 is 1.39 bits per heavy atom. The Morgan fingerprint density at radius 3 is 1.92 bits per heavy atom. The second kappa shape index (κ2) is 39.7. The summed E-state index contributed by atoms with van der Waals surface area (Å²) in [6, 6.07) is 5.91. The molecule has 8 amide bonds. The predicted molar refractivity (Wildman–Crippen MR) is 241 cm³/mol. The van der Waals surface area contributed by atoms with Gasteiger partial charge in [-0.05, 0) is 55.4 Å². The number of anilines is 1. The first kappa shape index (κ1) is 63.4. The second-order valence-electron chi connectivity index (χ2n) is 14.2. The molecule has 0 fully saturated rings. The maximum Gasteiger partial charge on any atom is 1.00 e. The molecule has 1 aliphatic rings. The van der Waals surface area contributed by atoms with Crippen molar-refractivity contribution in [1.29, 1.82) is 0 Å². The number of carbonyl (C=O) groups is 7. The number of nitrogens with two attached hydrogens (primary N) is 1. The van der Waals surface area contributed by atoms with Crippen LogP contribution in [0.4, 0.5) is 10.5 Å². The number of hydrogen-bond donors (Lipinski definition) is 6. The number of hydrogen-bond acceptors (Lipinski definition) is 11. The smallest absolute Gasteiger partial charge is 0.494 e. The molecule has 0 bridgehead atoms.